The first-order chi connectivity index (χ1) is 7.74. The molecular formula is C12H23N3O. The average molecular weight is 225 g/mol. The second-order valence-corrected chi connectivity index (χ2v) is 5.17. The van der Waals surface area contributed by atoms with Crippen LogP contribution in [0, 0.1) is 0 Å². The van der Waals surface area contributed by atoms with Crippen LogP contribution in [-0.4, -0.2) is 49.6 Å². The number of nitrogens with one attached hydrogen (secondary N) is 2. The third-order valence-electron chi connectivity index (χ3n) is 3.58. The van der Waals surface area contributed by atoms with Crippen molar-refractivity contribution in [1.29, 1.82) is 0 Å². The van der Waals surface area contributed by atoms with Crippen molar-refractivity contribution in [1.82, 2.24) is 15.5 Å². The molecule has 2 N–H and O–H groups in total. The molecule has 0 aromatic heterocycles. The topological polar surface area (TPSA) is 44.4 Å². The van der Waals surface area contributed by atoms with E-state index in [4.69, 9.17) is 0 Å². The van der Waals surface area contributed by atoms with Crippen LogP contribution in [-0.2, 0) is 4.79 Å². The highest BCUT2D eigenvalue weighted by Gasteiger charge is 2.22. The van der Waals surface area contributed by atoms with E-state index in [1.54, 1.807) is 0 Å². The summed E-state index contributed by atoms with van der Waals surface area (Å²) >= 11 is 0. The molecule has 2 fully saturated rings. The van der Waals surface area contributed by atoms with Gasteiger partial charge in [0, 0.05) is 25.0 Å². The fraction of sp³-hybridized carbons (Fsp3) is 0.917. The van der Waals surface area contributed by atoms with Crippen molar-refractivity contribution in [2.45, 2.75) is 44.2 Å². The number of carbonyl (C=O) groups excluding carboxylic acids is 1. The fourth-order valence-corrected chi connectivity index (χ4v) is 2.73. The molecule has 4 nitrogen and oxygen atoms in total. The molecule has 2 unspecified atom stereocenters. The van der Waals surface area contributed by atoms with E-state index < -0.39 is 0 Å². The molecule has 2 rings (SSSR count). The molecule has 2 saturated heterocycles. The Balaban J connectivity index is 1.69. The number of hydrogen-bond donors (Lipinski definition) is 2. The quantitative estimate of drug-likeness (QED) is 0.728. The summed E-state index contributed by atoms with van der Waals surface area (Å²) in [5.41, 5.74) is 0. The zero-order valence-electron chi connectivity index (χ0n) is 10.2. The van der Waals surface area contributed by atoms with Gasteiger partial charge in [-0.25, -0.2) is 0 Å². The molecule has 2 aliphatic rings. The first-order valence-corrected chi connectivity index (χ1v) is 6.45. The predicted molar refractivity (Wildman–Crippen MR) is 64.3 cm³/mol. The van der Waals surface area contributed by atoms with E-state index in [2.05, 4.69) is 22.6 Å². The lowest BCUT2D eigenvalue weighted by molar-refractivity contribution is -0.122. The van der Waals surface area contributed by atoms with Crippen molar-refractivity contribution < 1.29 is 4.79 Å². The van der Waals surface area contributed by atoms with E-state index in [9.17, 15) is 4.79 Å². The maximum atomic E-state index is 11.8. The summed E-state index contributed by atoms with van der Waals surface area (Å²) < 4.78 is 0. The number of rotatable bonds is 3. The molecule has 2 atom stereocenters. The third kappa shape index (κ3) is 3.46. The van der Waals surface area contributed by atoms with Crippen LogP contribution in [0.2, 0.25) is 0 Å². The molecule has 0 aromatic rings. The van der Waals surface area contributed by atoms with E-state index in [0.717, 1.165) is 32.5 Å². The van der Waals surface area contributed by atoms with E-state index in [1.807, 2.05) is 0 Å². The van der Waals surface area contributed by atoms with E-state index in [-0.39, 0.29) is 5.91 Å². The molecule has 0 saturated carbocycles. The highest BCUT2D eigenvalue weighted by atomic mass is 16.1. The van der Waals surface area contributed by atoms with Crippen molar-refractivity contribution in [3.05, 3.63) is 0 Å². The number of likely N-dealkylation sites (tertiary alicyclic amines) is 1. The maximum absolute atomic E-state index is 11.8. The van der Waals surface area contributed by atoms with Crippen molar-refractivity contribution in [3.8, 4) is 0 Å². The summed E-state index contributed by atoms with van der Waals surface area (Å²) in [5, 5.41) is 6.52. The summed E-state index contributed by atoms with van der Waals surface area (Å²) in [4.78, 5) is 14.1. The summed E-state index contributed by atoms with van der Waals surface area (Å²) in [6.07, 6.45) is 5.35. The largest absolute Gasteiger partial charge is 0.352 e. The number of hydrogen-bond acceptors (Lipinski definition) is 3. The normalized spacial score (nSPS) is 31.6. The van der Waals surface area contributed by atoms with Crippen LogP contribution in [0.3, 0.4) is 0 Å². The van der Waals surface area contributed by atoms with Gasteiger partial charge in [0.15, 0.2) is 0 Å². The van der Waals surface area contributed by atoms with Crippen LogP contribution in [0.1, 0.15) is 32.1 Å². The first kappa shape index (κ1) is 11.9. The predicted octanol–water partition coefficient (Wildman–Crippen LogP) is 0.339. The van der Waals surface area contributed by atoms with Crippen LogP contribution in [0.4, 0.5) is 0 Å². The lowest BCUT2D eigenvalue weighted by atomic mass is 10.1. The van der Waals surface area contributed by atoms with Crippen LogP contribution in [0.25, 0.3) is 0 Å². The highest BCUT2D eigenvalue weighted by Crippen LogP contribution is 2.11. The van der Waals surface area contributed by atoms with Gasteiger partial charge in [-0.2, -0.15) is 0 Å². The second-order valence-electron chi connectivity index (χ2n) is 5.17. The molecule has 0 bridgehead atoms. The third-order valence-corrected chi connectivity index (χ3v) is 3.58. The SMILES string of the molecule is CN1CCCC(NC(=O)CC2CCCN2)C1. The standard InChI is InChI=1S/C12H23N3O/c1-15-7-3-5-11(9-15)14-12(16)8-10-4-2-6-13-10/h10-11,13H,2-9H2,1H3,(H,14,16). The maximum Gasteiger partial charge on any atom is 0.221 e. The minimum absolute atomic E-state index is 0.222. The Morgan fingerprint density at radius 3 is 3.00 bits per heavy atom. The van der Waals surface area contributed by atoms with Gasteiger partial charge in [-0.1, -0.05) is 0 Å². The number of nitrogens with zero attached hydrogens (tertiary/aromatic N) is 1. The Morgan fingerprint density at radius 2 is 2.31 bits per heavy atom. The molecule has 2 aliphatic heterocycles. The molecule has 0 aromatic carbocycles. The van der Waals surface area contributed by atoms with E-state index in [1.165, 1.54) is 12.8 Å². The zero-order valence-corrected chi connectivity index (χ0v) is 10.2. The van der Waals surface area contributed by atoms with Crippen LogP contribution >= 0.6 is 0 Å². The number of carbonyl (C=O) groups is 1. The van der Waals surface area contributed by atoms with Crippen molar-refractivity contribution >= 4 is 5.91 Å². The molecular weight excluding hydrogens is 202 g/mol. The van der Waals surface area contributed by atoms with Gasteiger partial charge in [-0.05, 0) is 45.8 Å². The number of piperidine rings is 1. The van der Waals surface area contributed by atoms with Crippen molar-refractivity contribution in [3.63, 3.8) is 0 Å². The summed E-state index contributed by atoms with van der Waals surface area (Å²) in [6.45, 7) is 3.24. The highest BCUT2D eigenvalue weighted by molar-refractivity contribution is 5.77. The molecule has 92 valence electrons. The Bertz CT molecular complexity index is 238. The van der Waals surface area contributed by atoms with Gasteiger partial charge in [-0.3, -0.25) is 4.79 Å². The summed E-state index contributed by atoms with van der Waals surface area (Å²) in [6, 6.07) is 0.786. The van der Waals surface area contributed by atoms with Crippen molar-refractivity contribution in [2.75, 3.05) is 26.7 Å². The van der Waals surface area contributed by atoms with Gasteiger partial charge in [0.2, 0.25) is 5.91 Å². The molecule has 0 radical (unpaired) electrons. The lowest BCUT2D eigenvalue weighted by Crippen LogP contribution is -2.47. The Hall–Kier alpha value is -0.610. The lowest BCUT2D eigenvalue weighted by Gasteiger charge is -2.30. The van der Waals surface area contributed by atoms with E-state index in [0.29, 0.717) is 18.5 Å². The van der Waals surface area contributed by atoms with Gasteiger partial charge in [0.1, 0.15) is 0 Å². The molecule has 16 heavy (non-hydrogen) atoms. The Labute approximate surface area is 97.8 Å². The van der Waals surface area contributed by atoms with Gasteiger partial charge < -0.3 is 15.5 Å². The number of amides is 1. The first-order valence-electron chi connectivity index (χ1n) is 6.45. The molecule has 0 spiro atoms. The zero-order chi connectivity index (χ0) is 11.4. The van der Waals surface area contributed by atoms with Crippen molar-refractivity contribution in [2.24, 2.45) is 0 Å². The average Bonchev–Trinajstić information content (AvgIpc) is 2.70. The smallest absolute Gasteiger partial charge is 0.221 e. The fourth-order valence-electron chi connectivity index (χ4n) is 2.73. The minimum atomic E-state index is 0.222. The Kier molecular flexibility index (Phi) is 4.18. The van der Waals surface area contributed by atoms with Gasteiger partial charge in [-0.15, -0.1) is 0 Å². The molecule has 2 heterocycles. The van der Waals surface area contributed by atoms with Gasteiger partial charge >= 0.3 is 0 Å². The number of likely N-dealkylation sites (N-methyl/N-ethyl adjacent to an activating group) is 1. The van der Waals surface area contributed by atoms with Gasteiger partial charge in [0.05, 0.1) is 0 Å². The second kappa shape index (κ2) is 5.64. The molecule has 1 amide bonds. The monoisotopic (exact) mass is 225 g/mol. The van der Waals surface area contributed by atoms with Crippen LogP contribution < -0.4 is 10.6 Å². The van der Waals surface area contributed by atoms with Crippen LogP contribution in [0.15, 0.2) is 0 Å². The summed E-state index contributed by atoms with van der Waals surface area (Å²) in [7, 11) is 2.12. The Morgan fingerprint density at radius 1 is 1.44 bits per heavy atom. The van der Waals surface area contributed by atoms with Crippen LogP contribution in [0.5, 0.6) is 0 Å². The molecule has 4 heteroatoms. The van der Waals surface area contributed by atoms with Gasteiger partial charge in [0.25, 0.3) is 0 Å². The molecule has 0 aliphatic carbocycles. The summed E-state index contributed by atoms with van der Waals surface area (Å²) in [5.74, 6) is 0.222. The van der Waals surface area contributed by atoms with E-state index >= 15 is 0 Å². The minimum Gasteiger partial charge on any atom is -0.352 e.